The molecular formula is C22H15Cl2F2N3O2. The van der Waals surface area contributed by atoms with Crippen molar-refractivity contribution in [2.75, 3.05) is 7.11 Å². The van der Waals surface area contributed by atoms with Crippen LogP contribution in [0.3, 0.4) is 0 Å². The molecule has 0 aliphatic heterocycles. The van der Waals surface area contributed by atoms with Crippen LogP contribution >= 0.6 is 23.2 Å². The number of nitrogens with zero attached hydrogens (tertiary/aromatic N) is 2. The van der Waals surface area contributed by atoms with Crippen LogP contribution in [-0.2, 0) is 6.61 Å². The van der Waals surface area contributed by atoms with Gasteiger partial charge in [-0.05, 0) is 36.4 Å². The maximum Gasteiger partial charge on any atom is 0.155 e. The van der Waals surface area contributed by atoms with Crippen LogP contribution in [-0.4, -0.2) is 22.1 Å². The average molecular weight is 462 g/mol. The predicted octanol–water partition coefficient (Wildman–Crippen LogP) is 6.31. The first-order valence-corrected chi connectivity index (χ1v) is 9.83. The maximum atomic E-state index is 13.8. The number of H-pyrrole nitrogens is 1. The molecule has 158 valence electrons. The number of aromatic amines is 1. The summed E-state index contributed by atoms with van der Waals surface area (Å²) in [6.07, 6.45) is 1.59. The lowest BCUT2D eigenvalue weighted by molar-refractivity contribution is 0.297. The van der Waals surface area contributed by atoms with E-state index in [9.17, 15) is 8.78 Å². The standard InChI is InChI=1S/C22H15Cl2F2N3O2/c1-30-18-9-15(31-11-13-2-4-14(25)8-17(13)26)5-6-16(18)20-21(24)29-22(28-20)12-3-7-19(23)27-10-12/h2-10H,11H2,1H3,(H,28,29). The topological polar surface area (TPSA) is 60.0 Å². The monoisotopic (exact) mass is 461 g/mol. The van der Waals surface area contributed by atoms with Crippen molar-refractivity contribution in [1.29, 1.82) is 0 Å². The van der Waals surface area contributed by atoms with Gasteiger partial charge in [0, 0.05) is 35.0 Å². The molecule has 0 aliphatic rings. The fourth-order valence-electron chi connectivity index (χ4n) is 2.95. The second-order valence-electron chi connectivity index (χ2n) is 6.51. The second-order valence-corrected chi connectivity index (χ2v) is 7.25. The van der Waals surface area contributed by atoms with Gasteiger partial charge in [-0.15, -0.1) is 0 Å². The number of imidazole rings is 1. The van der Waals surface area contributed by atoms with Gasteiger partial charge in [-0.3, -0.25) is 0 Å². The lowest BCUT2D eigenvalue weighted by Crippen LogP contribution is -1.99. The van der Waals surface area contributed by atoms with Crippen LogP contribution in [0.4, 0.5) is 8.78 Å². The predicted molar refractivity (Wildman–Crippen MR) is 115 cm³/mol. The smallest absolute Gasteiger partial charge is 0.155 e. The van der Waals surface area contributed by atoms with Crippen LogP contribution in [0.15, 0.2) is 54.7 Å². The molecule has 4 rings (SSSR count). The lowest BCUT2D eigenvalue weighted by atomic mass is 10.1. The van der Waals surface area contributed by atoms with Crippen LogP contribution in [0, 0.1) is 11.6 Å². The van der Waals surface area contributed by atoms with E-state index in [4.69, 9.17) is 32.7 Å². The number of halogens is 4. The maximum absolute atomic E-state index is 13.8. The number of hydrogen-bond acceptors (Lipinski definition) is 4. The van der Waals surface area contributed by atoms with Gasteiger partial charge in [0.25, 0.3) is 0 Å². The van der Waals surface area contributed by atoms with Crippen molar-refractivity contribution >= 4 is 23.2 Å². The fraction of sp³-hybridized carbons (Fsp3) is 0.0909. The minimum Gasteiger partial charge on any atom is -0.496 e. The molecule has 2 heterocycles. The van der Waals surface area contributed by atoms with Crippen LogP contribution in [0.2, 0.25) is 10.3 Å². The summed E-state index contributed by atoms with van der Waals surface area (Å²) in [4.78, 5) is 11.6. The number of benzene rings is 2. The molecule has 2 aromatic carbocycles. The van der Waals surface area contributed by atoms with Crippen molar-refractivity contribution in [3.8, 4) is 34.1 Å². The number of hydrogen-bond donors (Lipinski definition) is 1. The Kier molecular flexibility index (Phi) is 6.06. The summed E-state index contributed by atoms with van der Waals surface area (Å²) in [5.74, 6) is 0.137. The summed E-state index contributed by atoms with van der Waals surface area (Å²) in [6.45, 7) is -0.0624. The van der Waals surface area contributed by atoms with E-state index in [1.807, 2.05) is 0 Å². The van der Waals surface area contributed by atoms with E-state index in [0.717, 1.165) is 11.6 Å². The van der Waals surface area contributed by atoms with Crippen LogP contribution in [0.1, 0.15) is 5.56 Å². The highest BCUT2D eigenvalue weighted by molar-refractivity contribution is 6.32. The number of ether oxygens (including phenoxy) is 2. The Labute approximate surface area is 186 Å². The summed E-state index contributed by atoms with van der Waals surface area (Å²) in [6, 6.07) is 11.9. The van der Waals surface area contributed by atoms with Crippen LogP contribution in [0.5, 0.6) is 11.5 Å². The molecule has 31 heavy (non-hydrogen) atoms. The Bertz CT molecular complexity index is 1230. The molecule has 0 saturated heterocycles. The quantitative estimate of drug-likeness (QED) is 0.341. The Balaban J connectivity index is 1.59. The van der Waals surface area contributed by atoms with E-state index in [1.165, 1.54) is 19.2 Å². The van der Waals surface area contributed by atoms with E-state index in [-0.39, 0.29) is 17.3 Å². The fourth-order valence-corrected chi connectivity index (χ4v) is 3.30. The van der Waals surface area contributed by atoms with Gasteiger partial charge in [-0.1, -0.05) is 23.2 Å². The third-order valence-corrected chi connectivity index (χ3v) is 5.01. The van der Waals surface area contributed by atoms with E-state index < -0.39 is 11.6 Å². The molecule has 0 atom stereocenters. The zero-order chi connectivity index (χ0) is 22.0. The number of methoxy groups -OCH3 is 1. The normalized spacial score (nSPS) is 10.9. The van der Waals surface area contributed by atoms with Gasteiger partial charge in [0.1, 0.15) is 40.7 Å². The number of aromatic nitrogens is 3. The zero-order valence-corrected chi connectivity index (χ0v) is 17.6. The van der Waals surface area contributed by atoms with E-state index in [1.54, 1.807) is 36.5 Å². The van der Waals surface area contributed by atoms with Crippen molar-refractivity contribution in [2.24, 2.45) is 0 Å². The molecule has 0 aliphatic carbocycles. The molecule has 0 radical (unpaired) electrons. The highest BCUT2D eigenvalue weighted by Crippen LogP contribution is 2.37. The Morgan fingerprint density at radius 1 is 1.03 bits per heavy atom. The highest BCUT2D eigenvalue weighted by Gasteiger charge is 2.17. The molecule has 0 unspecified atom stereocenters. The molecule has 5 nitrogen and oxygen atoms in total. The van der Waals surface area contributed by atoms with Crippen molar-refractivity contribution in [3.63, 3.8) is 0 Å². The molecule has 0 bridgehead atoms. The molecule has 4 aromatic rings. The van der Waals surface area contributed by atoms with Gasteiger partial charge in [0.2, 0.25) is 0 Å². The van der Waals surface area contributed by atoms with Gasteiger partial charge in [0.05, 0.1) is 12.8 Å². The molecule has 0 saturated carbocycles. The Morgan fingerprint density at radius 2 is 1.87 bits per heavy atom. The number of nitrogens with one attached hydrogen (secondary N) is 1. The minimum absolute atomic E-state index is 0.0624. The first kappa shape index (κ1) is 21.1. The van der Waals surface area contributed by atoms with Crippen LogP contribution in [0.25, 0.3) is 22.6 Å². The molecule has 0 spiro atoms. The first-order chi connectivity index (χ1) is 14.9. The van der Waals surface area contributed by atoms with Gasteiger partial charge in [-0.25, -0.2) is 18.7 Å². The summed E-state index contributed by atoms with van der Waals surface area (Å²) >= 11 is 12.2. The number of pyridine rings is 1. The van der Waals surface area contributed by atoms with E-state index in [2.05, 4.69) is 15.0 Å². The third kappa shape index (κ3) is 4.62. The summed E-state index contributed by atoms with van der Waals surface area (Å²) in [7, 11) is 1.51. The molecule has 0 amide bonds. The first-order valence-electron chi connectivity index (χ1n) is 9.07. The Morgan fingerprint density at radius 3 is 2.58 bits per heavy atom. The van der Waals surface area contributed by atoms with Gasteiger partial charge in [0.15, 0.2) is 5.15 Å². The van der Waals surface area contributed by atoms with Crippen molar-refractivity contribution in [1.82, 2.24) is 15.0 Å². The van der Waals surface area contributed by atoms with E-state index in [0.29, 0.717) is 33.7 Å². The second kappa shape index (κ2) is 8.91. The number of rotatable bonds is 6. The molecule has 2 aromatic heterocycles. The van der Waals surface area contributed by atoms with E-state index >= 15 is 0 Å². The zero-order valence-electron chi connectivity index (χ0n) is 16.1. The molecule has 1 N–H and O–H groups in total. The molecule has 9 heteroatoms. The average Bonchev–Trinajstić information content (AvgIpc) is 3.14. The van der Waals surface area contributed by atoms with Gasteiger partial charge < -0.3 is 14.5 Å². The van der Waals surface area contributed by atoms with Crippen molar-refractivity contribution in [3.05, 3.63) is 82.2 Å². The van der Waals surface area contributed by atoms with Gasteiger partial charge in [-0.2, -0.15) is 0 Å². The SMILES string of the molecule is COc1cc(OCc2ccc(F)cc2F)ccc1-c1[nH]c(-c2ccc(Cl)nc2)nc1Cl. The summed E-state index contributed by atoms with van der Waals surface area (Å²) in [5, 5.41) is 0.629. The van der Waals surface area contributed by atoms with Gasteiger partial charge >= 0.3 is 0 Å². The molecular weight excluding hydrogens is 447 g/mol. The summed E-state index contributed by atoms with van der Waals surface area (Å²) < 4.78 is 38.0. The third-order valence-electron chi connectivity index (χ3n) is 4.51. The summed E-state index contributed by atoms with van der Waals surface area (Å²) in [5.41, 5.74) is 2.17. The highest BCUT2D eigenvalue weighted by atomic mass is 35.5. The molecule has 0 fully saturated rings. The lowest BCUT2D eigenvalue weighted by Gasteiger charge is -2.12. The largest absolute Gasteiger partial charge is 0.496 e. The Hall–Kier alpha value is -3.16. The van der Waals surface area contributed by atoms with Crippen molar-refractivity contribution < 1.29 is 18.3 Å². The minimum atomic E-state index is -0.669. The van der Waals surface area contributed by atoms with Crippen molar-refractivity contribution in [2.45, 2.75) is 6.61 Å². The van der Waals surface area contributed by atoms with Crippen LogP contribution < -0.4 is 9.47 Å².